The van der Waals surface area contributed by atoms with E-state index in [2.05, 4.69) is 26.6 Å². The fourth-order valence-corrected chi connectivity index (χ4v) is 7.67. The number of hydrogen-bond donors (Lipinski definition) is 2. The second-order valence-corrected chi connectivity index (χ2v) is 10.8. The molecule has 0 heterocycles. The van der Waals surface area contributed by atoms with Crippen LogP contribution >= 0.6 is 15.9 Å². The molecular weight excluding hydrogens is 436 g/mol. The third-order valence-corrected chi connectivity index (χ3v) is 7.61. The number of amides is 3. The summed E-state index contributed by atoms with van der Waals surface area (Å²) in [7, 11) is 1.43. The molecule has 156 valence electrons. The van der Waals surface area contributed by atoms with Crippen molar-refractivity contribution in [3.05, 3.63) is 35.9 Å². The number of imide groups is 1. The van der Waals surface area contributed by atoms with Gasteiger partial charge in [0.1, 0.15) is 0 Å². The molecule has 2 N–H and O–H groups in total. The van der Waals surface area contributed by atoms with E-state index in [9.17, 15) is 14.4 Å². The molecule has 5 rings (SSSR count). The van der Waals surface area contributed by atoms with Crippen molar-refractivity contribution in [1.29, 1.82) is 0 Å². The third-order valence-electron chi connectivity index (χ3n) is 6.68. The van der Waals surface area contributed by atoms with Crippen molar-refractivity contribution in [1.82, 2.24) is 10.6 Å². The number of alkyl halides is 1. The van der Waals surface area contributed by atoms with Crippen molar-refractivity contribution in [3.63, 3.8) is 0 Å². The minimum Gasteiger partial charge on any atom is -0.447 e. The Morgan fingerprint density at radius 3 is 2.38 bits per heavy atom. The van der Waals surface area contributed by atoms with Crippen LogP contribution in [0.2, 0.25) is 0 Å². The predicted octanol–water partition coefficient (Wildman–Crippen LogP) is 3.85. The summed E-state index contributed by atoms with van der Waals surface area (Å²) in [5.74, 6) is 0.324. The summed E-state index contributed by atoms with van der Waals surface area (Å²) < 4.78 is 5.83. The molecule has 0 radical (unpaired) electrons. The molecule has 1 aromatic rings. The molecule has 3 atom stereocenters. The highest BCUT2D eigenvalue weighted by Crippen LogP contribution is 2.65. The average Bonchev–Trinajstić information content (AvgIpc) is 2.64. The van der Waals surface area contributed by atoms with E-state index >= 15 is 0 Å². The molecule has 3 amide bonds. The number of hydrogen-bond acceptors (Lipinski definition) is 4. The molecule has 6 nitrogen and oxygen atoms in total. The van der Waals surface area contributed by atoms with Crippen LogP contribution in [-0.2, 0) is 14.3 Å². The zero-order chi connectivity index (χ0) is 20.6. The molecule has 29 heavy (non-hydrogen) atoms. The van der Waals surface area contributed by atoms with E-state index in [-0.39, 0.29) is 15.7 Å². The van der Waals surface area contributed by atoms with E-state index in [1.165, 1.54) is 26.3 Å². The van der Waals surface area contributed by atoms with Gasteiger partial charge >= 0.3 is 12.0 Å². The fraction of sp³-hybridized carbons (Fsp3) is 0.591. The molecule has 0 spiro atoms. The highest BCUT2D eigenvalue weighted by atomic mass is 79.9. The lowest BCUT2D eigenvalue weighted by atomic mass is 9.49. The SMILES string of the molecule is CNC(=O)NC(=O)[C@@H](OC(=O)CC12C[C@H]3C[C@@H](CC(Br)(C3)C1)C2)c1ccccc1. The molecule has 1 aromatic carbocycles. The zero-order valence-corrected chi connectivity index (χ0v) is 18.2. The molecule has 0 saturated heterocycles. The second-order valence-electron chi connectivity index (χ2n) is 9.14. The Bertz CT molecular complexity index is 798. The first kappa shape index (κ1) is 20.4. The first-order valence-electron chi connectivity index (χ1n) is 10.3. The minimum absolute atomic E-state index is 0.0385. The summed E-state index contributed by atoms with van der Waals surface area (Å²) in [5, 5.41) is 4.57. The number of urea groups is 1. The number of nitrogens with one attached hydrogen (secondary N) is 2. The van der Waals surface area contributed by atoms with Crippen LogP contribution in [0.3, 0.4) is 0 Å². The van der Waals surface area contributed by atoms with Gasteiger partial charge in [0.25, 0.3) is 5.91 Å². The number of carbonyl (C=O) groups excluding carboxylic acids is 3. The Morgan fingerprint density at radius 2 is 1.79 bits per heavy atom. The summed E-state index contributed by atoms with van der Waals surface area (Å²) in [6.07, 6.45) is 5.95. The lowest BCUT2D eigenvalue weighted by Gasteiger charge is -2.60. The Morgan fingerprint density at radius 1 is 1.14 bits per heavy atom. The van der Waals surface area contributed by atoms with Gasteiger partial charge < -0.3 is 10.1 Å². The Labute approximate surface area is 179 Å². The number of rotatable bonds is 5. The molecule has 0 unspecified atom stereocenters. The number of benzene rings is 1. The molecule has 0 aromatic heterocycles. The molecular formula is C22H27BrN2O4. The highest BCUT2D eigenvalue weighted by Gasteiger charge is 2.57. The van der Waals surface area contributed by atoms with Gasteiger partial charge in [0.05, 0.1) is 6.42 Å². The maximum absolute atomic E-state index is 13.0. The number of halogens is 1. The monoisotopic (exact) mass is 462 g/mol. The van der Waals surface area contributed by atoms with E-state index in [0.717, 1.165) is 19.3 Å². The van der Waals surface area contributed by atoms with Crippen LogP contribution in [0.5, 0.6) is 0 Å². The molecule has 0 aliphatic heterocycles. The van der Waals surface area contributed by atoms with Crippen LogP contribution in [0.15, 0.2) is 30.3 Å². The van der Waals surface area contributed by atoms with E-state index in [1.54, 1.807) is 24.3 Å². The Balaban J connectivity index is 1.48. The normalized spacial score (nSPS) is 33.0. The number of carbonyl (C=O) groups is 3. The van der Waals surface area contributed by atoms with Gasteiger partial charge in [-0.2, -0.15) is 0 Å². The lowest BCUT2D eigenvalue weighted by molar-refractivity contribution is -0.161. The third kappa shape index (κ3) is 4.34. The van der Waals surface area contributed by atoms with Gasteiger partial charge in [-0.1, -0.05) is 46.3 Å². The Hall–Kier alpha value is -1.89. The van der Waals surface area contributed by atoms with Crippen LogP contribution in [0.25, 0.3) is 0 Å². The van der Waals surface area contributed by atoms with Crippen LogP contribution < -0.4 is 10.6 Å². The first-order valence-corrected chi connectivity index (χ1v) is 11.1. The van der Waals surface area contributed by atoms with E-state index in [1.807, 2.05) is 6.07 Å². The molecule has 4 fully saturated rings. The van der Waals surface area contributed by atoms with Gasteiger partial charge in [-0.25, -0.2) is 4.79 Å². The maximum Gasteiger partial charge on any atom is 0.321 e. The number of esters is 1. The van der Waals surface area contributed by atoms with Crippen LogP contribution in [0.4, 0.5) is 4.79 Å². The summed E-state index contributed by atoms with van der Waals surface area (Å²) in [6, 6.07) is 8.19. The smallest absolute Gasteiger partial charge is 0.321 e. The average molecular weight is 463 g/mol. The molecule has 7 heteroatoms. The molecule has 4 aliphatic carbocycles. The van der Waals surface area contributed by atoms with Gasteiger partial charge in [-0.05, 0) is 55.8 Å². The van der Waals surface area contributed by atoms with Gasteiger partial charge in [0.15, 0.2) is 0 Å². The largest absolute Gasteiger partial charge is 0.447 e. The summed E-state index contributed by atoms with van der Waals surface area (Å²) in [4.78, 5) is 37.2. The Kier molecular flexibility index (Phi) is 5.44. The van der Waals surface area contributed by atoms with Crippen LogP contribution in [-0.4, -0.2) is 29.3 Å². The quantitative estimate of drug-likeness (QED) is 0.513. The van der Waals surface area contributed by atoms with Crippen molar-refractivity contribution in [2.75, 3.05) is 7.05 Å². The standard InChI is InChI=1S/C22H27BrN2O4/c1-24-20(28)25-19(27)18(16-5-3-2-4-6-16)29-17(26)12-21-8-14-7-15(9-21)11-22(23,10-14)13-21/h2-6,14-15,18H,7-13H2,1H3,(H2,24,25,27,28)/t14-,15-,18+,21?,22?/m1/s1. The van der Waals surface area contributed by atoms with E-state index in [4.69, 9.17) is 4.74 Å². The van der Waals surface area contributed by atoms with Crippen molar-refractivity contribution < 1.29 is 19.1 Å². The number of ether oxygens (including phenoxy) is 1. The topological polar surface area (TPSA) is 84.5 Å². The predicted molar refractivity (Wildman–Crippen MR) is 111 cm³/mol. The van der Waals surface area contributed by atoms with Crippen molar-refractivity contribution in [2.24, 2.45) is 17.3 Å². The minimum atomic E-state index is -1.15. The zero-order valence-electron chi connectivity index (χ0n) is 16.6. The summed E-state index contributed by atoms with van der Waals surface area (Å²) in [6.45, 7) is 0. The second kappa shape index (κ2) is 7.74. The van der Waals surface area contributed by atoms with E-state index < -0.39 is 18.0 Å². The van der Waals surface area contributed by atoms with Crippen LogP contribution in [0.1, 0.15) is 56.6 Å². The summed E-state index contributed by atoms with van der Waals surface area (Å²) in [5.41, 5.74) is 0.508. The highest BCUT2D eigenvalue weighted by molar-refractivity contribution is 9.10. The van der Waals surface area contributed by atoms with Crippen LogP contribution in [0, 0.1) is 17.3 Å². The van der Waals surface area contributed by atoms with E-state index in [0.29, 0.717) is 23.8 Å². The van der Waals surface area contributed by atoms with Gasteiger partial charge in [-0.15, -0.1) is 0 Å². The van der Waals surface area contributed by atoms with Gasteiger partial charge in [0, 0.05) is 16.9 Å². The van der Waals surface area contributed by atoms with Crippen molar-refractivity contribution in [3.8, 4) is 0 Å². The van der Waals surface area contributed by atoms with Gasteiger partial charge in [-0.3, -0.25) is 14.9 Å². The maximum atomic E-state index is 13.0. The lowest BCUT2D eigenvalue weighted by Crippen LogP contribution is -2.53. The summed E-state index contributed by atoms with van der Waals surface area (Å²) >= 11 is 3.97. The first-order chi connectivity index (χ1) is 13.8. The molecule has 4 bridgehead atoms. The van der Waals surface area contributed by atoms with Gasteiger partial charge in [0.2, 0.25) is 6.10 Å². The molecule has 4 saturated carbocycles. The van der Waals surface area contributed by atoms with Crippen molar-refractivity contribution in [2.45, 2.75) is 55.4 Å². The fourth-order valence-electron chi connectivity index (χ4n) is 6.16. The van der Waals surface area contributed by atoms with Crippen molar-refractivity contribution >= 4 is 33.8 Å². The molecule has 4 aliphatic rings.